The van der Waals surface area contributed by atoms with Crippen molar-refractivity contribution in [3.63, 3.8) is 0 Å². The molecule has 0 aliphatic rings. The predicted molar refractivity (Wildman–Crippen MR) is 57.7 cm³/mol. The van der Waals surface area contributed by atoms with E-state index in [0.717, 1.165) is 25.5 Å². The topological polar surface area (TPSA) is 21.3 Å². The molecule has 0 rings (SSSR count). The molecule has 0 heterocycles. The van der Waals surface area contributed by atoms with Crippen LogP contribution in [0.4, 0.5) is 0 Å². The summed E-state index contributed by atoms with van der Waals surface area (Å²) in [6.07, 6.45) is 3.78. The van der Waals surface area contributed by atoms with E-state index in [-0.39, 0.29) is 0 Å². The molecule has 0 aliphatic carbocycles. The van der Waals surface area contributed by atoms with Gasteiger partial charge in [0.1, 0.15) is 0 Å². The molecule has 0 spiro atoms. The molecule has 0 amide bonds. The van der Waals surface area contributed by atoms with E-state index in [1.807, 2.05) is 0 Å². The normalized spacial score (nSPS) is 15.0. The van der Waals surface area contributed by atoms with Gasteiger partial charge >= 0.3 is 0 Å². The Morgan fingerprint density at radius 3 is 2.69 bits per heavy atom. The summed E-state index contributed by atoms with van der Waals surface area (Å²) < 4.78 is 5.03. The average Bonchev–Trinajstić information content (AvgIpc) is 2.16. The summed E-state index contributed by atoms with van der Waals surface area (Å²) in [7, 11) is 0. The third kappa shape index (κ3) is 6.64. The summed E-state index contributed by atoms with van der Waals surface area (Å²) in [5.41, 5.74) is 0. The Hall–Kier alpha value is -0.500. The fraction of sp³-hybridized carbons (Fsp3) is 0.818. The van der Waals surface area contributed by atoms with Gasteiger partial charge in [-0.3, -0.25) is 0 Å². The third-order valence-electron chi connectivity index (χ3n) is 2.52. The lowest BCUT2D eigenvalue weighted by Crippen LogP contribution is -2.32. The summed E-state index contributed by atoms with van der Waals surface area (Å²) in [6, 6.07) is 0.605. The molecule has 0 saturated heterocycles. The fourth-order valence-corrected chi connectivity index (χ4v) is 1.12. The first-order valence-electron chi connectivity index (χ1n) is 5.18. The van der Waals surface area contributed by atoms with E-state index in [2.05, 4.69) is 32.7 Å². The summed E-state index contributed by atoms with van der Waals surface area (Å²) >= 11 is 0. The Balaban J connectivity index is 3.26. The lowest BCUT2D eigenvalue weighted by Gasteiger charge is -2.19. The number of rotatable bonds is 8. The number of nitrogens with one attached hydrogen (secondary N) is 1. The first-order chi connectivity index (χ1) is 6.22. The molecule has 0 aromatic carbocycles. The number of hydrogen-bond acceptors (Lipinski definition) is 2. The van der Waals surface area contributed by atoms with Crippen LogP contribution in [0.15, 0.2) is 12.8 Å². The highest BCUT2D eigenvalue weighted by molar-refractivity contribution is 4.66. The molecule has 78 valence electrons. The van der Waals surface area contributed by atoms with Crippen LogP contribution < -0.4 is 5.32 Å². The molecule has 0 aliphatic heterocycles. The van der Waals surface area contributed by atoms with Crippen LogP contribution in [0, 0.1) is 5.92 Å². The molecular weight excluding hydrogens is 162 g/mol. The average molecular weight is 185 g/mol. The number of hydrogen-bond donors (Lipinski definition) is 1. The first kappa shape index (κ1) is 12.5. The first-order valence-corrected chi connectivity index (χ1v) is 5.18. The van der Waals surface area contributed by atoms with E-state index in [9.17, 15) is 0 Å². The SMILES string of the molecule is C=COCCCNC(C)C(C)CC. The van der Waals surface area contributed by atoms with Crippen molar-refractivity contribution in [3.05, 3.63) is 12.8 Å². The molecule has 1 N–H and O–H groups in total. The molecule has 0 aromatic heterocycles. The Morgan fingerprint density at radius 2 is 2.15 bits per heavy atom. The molecule has 0 fully saturated rings. The predicted octanol–water partition coefficient (Wildman–Crippen LogP) is 2.56. The van der Waals surface area contributed by atoms with Crippen LogP contribution in [-0.2, 0) is 4.74 Å². The van der Waals surface area contributed by atoms with Crippen molar-refractivity contribution < 1.29 is 4.74 Å². The van der Waals surface area contributed by atoms with E-state index in [1.54, 1.807) is 0 Å². The Kier molecular flexibility index (Phi) is 7.80. The minimum atomic E-state index is 0.605. The van der Waals surface area contributed by atoms with Gasteiger partial charge in [-0.05, 0) is 25.8 Å². The molecule has 0 saturated carbocycles. The maximum absolute atomic E-state index is 5.03. The standard InChI is InChI=1S/C11H23NO/c1-5-10(3)11(4)12-8-7-9-13-6-2/h6,10-12H,2,5,7-9H2,1,3-4H3. The Labute approximate surface area is 82.4 Å². The van der Waals surface area contributed by atoms with Crippen LogP contribution in [0.25, 0.3) is 0 Å². The van der Waals surface area contributed by atoms with Gasteiger partial charge in [0.25, 0.3) is 0 Å². The van der Waals surface area contributed by atoms with Crippen molar-refractivity contribution in [1.29, 1.82) is 0 Å². The van der Waals surface area contributed by atoms with Gasteiger partial charge < -0.3 is 10.1 Å². The van der Waals surface area contributed by atoms with Gasteiger partial charge in [-0.15, -0.1) is 0 Å². The van der Waals surface area contributed by atoms with E-state index >= 15 is 0 Å². The van der Waals surface area contributed by atoms with Gasteiger partial charge in [0, 0.05) is 6.04 Å². The van der Waals surface area contributed by atoms with Crippen molar-refractivity contribution in [2.75, 3.05) is 13.2 Å². The van der Waals surface area contributed by atoms with Gasteiger partial charge in [-0.2, -0.15) is 0 Å². The van der Waals surface area contributed by atoms with Crippen molar-refractivity contribution in [3.8, 4) is 0 Å². The fourth-order valence-electron chi connectivity index (χ4n) is 1.12. The highest BCUT2D eigenvalue weighted by atomic mass is 16.5. The summed E-state index contributed by atoms with van der Waals surface area (Å²) in [5.74, 6) is 0.750. The van der Waals surface area contributed by atoms with Crippen molar-refractivity contribution in [1.82, 2.24) is 5.32 Å². The monoisotopic (exact) mass is 185 g/mol. The molecule has 2 unspecified atom stereocenters. The molecule has 13 heavy (non-hydrogen) atoms. The molecule has 2 atom stereocenters. The molecular formula is C11H23NO. The highest BCUT2D eigenvalue weighted by Crippen LogP contribution is 2.05. The molecule has 0 bridgehead atoms. The van der Waals surface area contributed by atoms with Gasteiger partial charge in [-0.1, -0.05) is 26.8 Å². The summed E-state index contributed by atoms with van der Waals surface area (Å²) in [4.78, 5) is 0. The molecule has 0 radical (unpaired) electrons. The van der Waals surface area contributed by atoms with Crippen LogP contribution in [0.1, 0.15) is 33.6 Å². The molecule has 2 heteroatoms. The van der Waals surface area contributed by atoms with E-state index in [4.69, 9.17) is 4.74 Å². The van der Waals surface area contributed by atoms with Gasteiger partial charge in [0.2, 0.25) is 0 Å². The van der Waals surface area contributed by atoms with Crippen LogP contribution >= 0.6 is 0 Å². The quantitative estimate of drug-likeness (QED) is 0.463. The second-order valence-corrected chi connectivity index (χ2v) is 3.52. The van der Waals surface area contributed by atoms with Crippen molar-refractivity contribution in [2.45, 2.75) is 39.7 Å². The minimum Gasteiger partial charge on any atom is -0.502 e. The smallest absolute Gasteiger partial charge is 0.0885 e. The van der Waals surface area contributed by atoms with Gasteiger partial charge in [0.05, 0.1) is 12.9 Å². The van der Waals surface area contributed by atoms with Gasteiger partial charge in [-0.25, -0.2) is 0 Å². The van der Waals surface area contributed by atoms with Crippen molar-refractivity contribution in [2.24, 2.45) is 5.92 Å². The van der Waals surface area contributed by atoms with Gasteiger partial charge in [0.15, 0.2) is 0 Å². The zero-order valence-electron chi connectivity index (χ0n) is 9.18. The Bertz CT molecular complexity index is 125. The van der Waals surface area contributed by atoms with Crippen molar-refractivity contribution >= 4 is 0 Å². The summed E-state index contributed by atoms with van der Waals surface area (Å²) in [5, 5.41) is 3.48. The maximum atomic E-state index is 5.03. The molecule has 2 nitrogen and oxygen atoms in total. The van der Waals surface area contributed by atoms with Crippen LogP contribution in [0.5, 0.6) is 0 Å². The van der Waals surface area contributed by atoms with E-state index in [0.29, 0.717) is 6.04 Å². The zero-order valence-corrected chi connectivity index (χ0v) is 9.18. The largest absolute Gasteiger partial charge is 0.502 e. The van der Waals surface area contributed by atoms with Crippen LogP contribution in [0.3, 0.4) is 0 Å². The summed E-state index contributed by atoms with van der Waals surface area (Å²) in [6.45, 7) is 12.0. The van der Waals surface area contributed by atoms with E-state index < -0.39 is 0 Å². The lowest BCUT2D eigenvalue weighted by molar-refractivity contribution is 0.240. The lowest BCUT2D eigenvalue weighted by atomic mass is 10.0. The minimum absolute atomic E-state index is 0.605. The van der Waals surface area contributed by atoms with Crippen LogP contribution in [0.2, 0.25) is 0 Å². The zero-order chi connectivity index (χ0) is 10.1. The second-order valence-electron chi connectivity index (χ2n) is 3.52. The molecule has 0 aromatic rings. The highest BCUT2D eigenvalue weighted by Gasteiger charge is 2.07. The van der Waals surface area contributed by atoms with E-state index in [1.165, 1.54) is 12.7 Å². The second kappa shape index (κ2) is 8.11. The van der Waals surface area contributed by atoms with Crippen LogP contribution in [-0.4, -0.2) is 19.2 Å². The third-order valence-corrected chi connectivity index (χ3v) is 2.52. The number of ether oxygens (including phenoxy) is 1. The maximum Gasteiger partial charge on any atom is 0.0885 e. The Morgan fingerprint density at radius 1 is 1.46 bits per heavy atom.